The molecule has 2 aromatic carbocycles. The van der Waals surface area contributed by atoms with E-state index >= 15 is 0 Å². The van der Waals surface area contributed by atoms with Gasteiger partial charge in [-0.25, -0.2) is 9.97 Å². The summed E-state index contributed by atoms with van der Waals surface area (Å²) in [6, 6.07) is 15.6. The average Bonchev–Trinajstić information content (AvgIpc) is 3.36. The zero-order valence-electron chi connectivity index (χ0n) is 15.0. The van der Waals surface area contributed by atoms with Crippen LogP contribution in [0.15, 0.2) is 71.7 Å². The van der Waals surface area contributed by atoms with Crippen molar-refractivity contribution < 1.29 is 9.21 Å². The summed E-state index contributed by atoms with van der Waals surface area (Å²) >= 11 is 0. The number of imidazole rings is 1. The van der Waals surface area contributed by atoms with Crippen LogP contribution in [0.4, 0.5) is 0 Å². The summed E-state index contributed by atoms with van der Waals surface area (Å²) in [5, 5.41) is 3.03. The van der Waals surface area contributed by atoms with Gasteiger partial charge in [0.05, 0.1) is 12.4 Å². The Labute approximate surface area is 156 Å². The van der Waals surface area contributed by atoms with E-state index < -0.39 is 0 Å². The van der Waals surface area contributed by atoms with E-state index in [1.54, 1.807) is 12.5 Å². The van der Waals surface area contributed by atoms with E-state index in [1.807, 2.05) is 66.2 Å². The van der Waals surface area contributed by atoms with E-state index in [1.165, 1.54) is 0 Å². The molecule has 0 aliphatic carbocycles. The van der Waals surface area contributed by atoms with Crippen molar-refractivity contribution in [1.82, 2.24) is 19.9 Å². The first-order valence-corrected chi connectivity index (χ1v) is 8.91. The Balaban J connectivity index is 1.33. The van der Waals surface area contributed by atoms with Crippen LogP contribution >= 0.6 is 0 Å². The number of carbonyl (C=O) groups is 1. The summed E-state index contributed by atoms with van der Waals surface area (Å²) in [4.78, 5) is 20.7. The lowest BCUT2D eigenvalue weighted by Crippen LogP contribution is -2.26. The van der Waals surface area contributed by atoms with Gasteiger partial charge in [-0.3, -0.25) is 4.79 Å². The molecule has 0 aliphatic heterocycles. The first kappa shape index (κ1) is 17.0. The minimum Gasteiger partial charge on any atom is -0.441 e. The van der Waals surface area contributed by atoms with Crippen LogP contribution in [0.2, 0.25) is 0 Å². The Hall–Kier alpha value is -3.41. The van der Waals surface area contributed by atoms with E-state index in [0.29, 0.717) is 18.7 Å². The second kappa shape index (κ2) is 7.45. The molecule has 0 aliphatic rings. The molecule has 0 unspecified atom stereocenters. The SMILES string of the molecule is C[C@H](NC(=O)CCc1nc2ccccc2o1)c1ccc(-n2ccnc2)cc1. The van der Waals surface area contributed by atoms with Crippen molar-refractivity contribution in [3.63, 3.8) is 0 Å². The number of oxazole rings is 1. The molecular weight excluding hydrogens is 340 g/mol. The van der Waals surface area contributed by atoms with Crippen LogP contribution in [0.5, 0.6) is 0 Å². The second-order valence-electron chi connectivity index (χ2n) is 6.43. The molecule has 0 bridgehead atoms. The zero-order valence-corrected chi connectivity index (χ0v) is 15.0. The zero-order chi connectivity index (χ0) is 18.6. The molecule has 2 aromatic heterocycles. The lowest BCUT2D eigenvalue weighted by molar-refractivity contribution is -0.121. The number of benzene rings is 2. The minimum absolute atomic E-state index is 0.0246. The Morgan fingerprint density at radius 2 is 2.00 bits per heavy atom. The predicted octanol–water partition coefficient (Wildman–Crippen LogP) is 3.82. The normalized spacial score (nSPS) is 12.2. The summed E-state index contributed by atoms with van der Waals surface area (Å²) in [6.45, 7) is 1.98. The number of aryl methyl sites for hydroxylation is 1. The maximum absolute atomic E-state index is 12.3. The largest absolute Gasteiger partial charge is 0.441 e. The van der Waals surface area contributed by atoms with Gasteiger partial charge in [0.2, 0.25) is 5.91 Å². The number of fused-ring (bicyclic) bond motifs is 1. The van der Waals surface area contributed by atoms with Gasteiger partial charge in [0.25, 0.3) is 0 Å². The van der Waals surface area contributed by atoms with Gasteiger partial charge < -0.3 is 14.3 Å². The van der Waals surface area contributed by atoms with Crippen LogP contribution in [-0.4, -0.2) is 20.4 Å². The first-order chi connectivity index (χ1) is 13.2. The highest BCUT2D eigenvalue weighted by molar-refractivity contribution is 5.77. The summed E-state index contributed by atoms with van der Waals surface area (Å²) in [5.41, 5.74) is 3.65. The summed E-state index contributed by atoms with van der Waals surface area (Å²) < 4.78 is 7.60. The van der Waals surface area contributed by atoms with Crippen LogP contribution in [0.1, 0.15) is 30.8 Å². The minimum atomic E-state index is -0.0713. The Morgan fingerprint density at radius 3 is 2.74 bits per heavy atom. The molecule has 136 valence electrons. The van der Waals surface area contributed by atoms with Gasteiger partial charge in [0.15, 0.2) is 11.5 Å². The topological polar surface area (TPSA) is 73.0 Å². The molecule has 27 heavy (non-hydrogen) atoms. The number of para-hydroxylation sites is 2. The van der Waals surface area contributed by atoms with E-state index in [-0.39, 0.29) is 11.9 Å². The third-order valence-corrected chi connectivity index (χ3v) is 4.48. The Kier molecular flexibility index (Phi) is 4.70. The van der Waals surface area contributed by atoms with E-state index in [2.05, 4.69) is 15.3 Å². The maximum atomic E-state index is 12.3. The molecule has 1 atom stereocenters. The van der Waals surface area contributed by atoms with Crippen LogP contribution in [-0.2, 0) is 11.2 Å². The molecule has 0 saturated carbocycles. The van der Waals surface area contributed by atoms with Crippen LogP contribution in [0, 0.1) is 0 Å². The van der Waals surface area contributed by atoms with Gasteiger partial charge in [-0.15, -0.1) is 0 Å². The number of nitrogens with zero attached hydrogens (tertiary/aromatic N) is 3. The fourth-order valence-corrected chi connectivity index (χ4v) is 2.99. The molecule has 4 rings (SSSR count). The van der Waals surface area contributed by atoms with Gasteiger partial charge in [0.1, 0.15) is 5.52 Å². The van der Waals surface area contributed by atoms with Crippen molar-refractivity contribution in [1.29, 1.82) is 0 Å². The predicted molar refractivity (Wildman–Crippen MR) is 102 cm³/mol. The Morgan fingerprint density at radius 1 is 1.19 bits per heavy atom. The number of aromatic nitrogens is 3. The number of amides is 1. The number of hydrogen-bond donors (Lipinski definition) is 1. The lowest BCUT2D eigenvalue weighted by Gasteiger charge is -2.14. The van der Waals surface area contributed by atoms with Gasteiger partial charge >= 0.3 is 0 Å². The fraction of sp³-hybridized carbons (Fsp3) is 0.190. The van der Waals surface area contributed by atoms with Gasteiger partial charge in [0, 0.05) is 30.9 Å². The van der Waals surface area contributed by atoms with Crippen LogP contribution in [0.3, 0.4) is 0 Å². The third kappa shape index (κ3) is 3.89. The van der Waals surface area contributed by atoms with Crippen molar-refractivity contribution in [2.24, 2.45) is 0 Å². The number of nitrogens with one attached hydrogen (secondary N) is 1. The highest BCUT2D eigenvalue weighted by Gasteiger charge is 2.12. The van der Waals surface area contributed by atoms with E-state index in [4.69, 9.17) is 4.42 Å². The van der Waals surface area contributed by atoms with E-state index in [9.17, 15) is 4.79 Å². The molecule has 6 heteroatoms. The number of carbonyl (C=O) groups excluding carboxylic acids is 1. The second-order valence-corrected chi connectivity index (χ2v) is 6.43. The van der Waals surface area contributed by atoms with Crippen LogP contribution in [0.25, 0.3) is 16.8 Å². The lowest BCUT2D eigenvalue weighted by atomic mass is 10.1. The Bertz CT molecular complexity index is 1000. The number of rotatable bonds is 6. The summed E-state index contributed by atoms with van der Waals surface area (Å²) in [6.07, 6.45) is 6.21. The molecule has 0 saturated heterocycles. The van der Waals surface area contributed by atoms with Crippen molar-refractivity contribution in [3.05, 3.63) is 78.7 Å². The maximum Gasteiger partial charge on any atom is 0.220 e. The average molecular weight is 360 g/mol. The highest BCUT2D eigenvalue weighted by Crippen LogP contribution is 2.17. The molecule has 1 amide bonds. The summed E-state index contributed by atoms with van der Waals surface area (Å²) in [5.74, 6) is 0.562. The standard InChI is InChI=1S/C21H20N4O2/c1-15(16-6-8-17(9-7-16)25-13-12-22-14-25)23-20(26)10-11-21-24-18-4-2-3-5-19(18)27-21/h2-9,12-15H,10-11H2,1H3,(H,23,26)/t15-/m0/s1. The van der Waals surface area contributed by atoms with Crippen molar-refractivity contribution >= 4 is 17.0 Å². The number of hydrogen-bond acceptors (Lipinski definition) is 4. The van der Waals surface area contributed by atoms with Gasteiger partial charge in [-0.1, -0.05) is 24.3 Å². The first-order valence-electron chi connectivity index (χ1n) is 8.91. The molecular formula is C21H20N4O2. The van der Waals surface area contributed by atoms with E-state index in [0.717, 1.165) is 22.4 Å². The van der Waals surface area contributed by atoms with Crippen molar-refractivity contribution in [2.75, 3.05) is 0 Å². The van der Waals surface area contributed by atoms with Crippen molar-refractivity contribution in [3.8, 4) is 5.69 Å². The van der Waals surface area contributed by atoms with Gasteiger partial charge in [-0.05, 0) is 36.8 Å². The molecule has 2 heterocycles. The molecule has 0 fully saturated rings. The quantitative estimate of drug-likeness (QED) is 0.567. The summed E-state index contributed by atoms with van der Waals surface area (Å²) in [7, 11) is 0. The fourth-order valence-electron chi connectivity index (χ4n) is 2.99. The molecule has 4 aromatic rings. The van der Waals surface area contributed by atoms with Crippen molar-refractivity contribution in [2.45, 2.75) is 25.8 Å². The molecule has 0 spiro atoms. The third-order valence-electron chi connectivity index (χ3n) is 4.48. The molecule has 0 radical (unpaired) electrons. The monoisotopic (exact) mass is 360 g/mol. The highest BCUT2D eigenvalue weighted by atomic mass is 16.3. The molecule has 1 N–H and O–H groups in total. The smallest absolute Gasteiger partial charge is 0.220 e. The molecule has 6 nitrogen and oxygen atoms in total. The van der Waals surface area contributed by atoms with Gasteiger partial charge in [-0.2, -0.15) is 0 Å². The van der Waals surface area contributed by atoms with Crippen LogP contribution < -0.4 is 5.32 Å².